The Balaban J connectivity index is 1.19. The third-order valence-corrected chi connectivity index (χ3v) is 11.5. The third-order valence-electron chi connectivity index (χ3n) is 11.5. The Morgan fingerprint density at radius 1 is 0.357 bits per heavy atom. The summed E-state index contributed by atoms with van der Waals surface area (Å²) in [6.07, 6.45) is 0. The number of fused-ring (bicyclic) bond motifs is 10. The van der Waals surface area contributed by atoms with Gasteiger partial charge >= 0.3 is 0 Å². The Labute approximate surface area is 322 Å². The highest BCUT2D eigenvalue weighted by Crippen LogP contribution is 2.44. The van der Waals surface area contributed by atoms with Crippen LogP contribution in [-0.4, -0.2) is 19.1 Å². The molecule has 0 bridgehead atoms. The number of rotatable bonds is 4. The molecule has 0 amide bonds. The van der Waals surface area contributed by atoms with Gasteiger partial charge in [-0.1, -0.05) is 140 Å². The minimum absolute atomic E-state index is 0.715. The fraction of sp³-hybridized carbons (Fsp3) is 0. The topological polar surface area (TPSA) is 35.6 Å². The van der Waals surface area contributed by atoms with Crippen LogP contribution in [0.1, 0.15) is 0 Å². The van der Waals surface area contributed by atoms with E-state index in [1.165, 1.54) is 48.9 Å². The molecule has 0 spiro atoms. The van der Waals surface area contributed by atoms with Gasteiger partial charge in [0.1, 0.15) is 0 Å². The molecule has 4 nitrogen and oxygen atoms in total. The standard InChI is InChI=1S/C52H32N4/c1-3-16-34(17-4-1)51-41-24-11-13-25-44(41)53-52(54-51)40-28-30-46(38-22-10-9-21-37(38)40)56-47-29-27-33-15-7-8-20-36(33)50(47)43-31-42-39-23-12-14-26-45(39)55(48(42)32-49(43)56)35-18-5-2-6-19-35/h1-32H. The number of hydrogen-bond acceptors (Lipinski definition) is 2. The quantitative estimate of drug-likeness (QED) is 0.182. The van der Waals surface area contributed by atoms with Crippen molar-refractivity contribution in [2.45, 2.75) is 0 Å². The summed E-state index contributed by atoms with van der Waals surface area (Å²) in [5.41, 5.74) is 10.9. The molecule has 0 fully saturated rings. The average Bonchev–Trinajstić information content (AvgIpc) is 3.77. The highest BCUT2D eigenvalue weighted by Gasteiger charge is 2.22. The highest BCUT2D eigenvalue weighted by atomic mass is 15.0. The minimum atomic E-state index is 0.715. The van der Waals surface area contributed by atoms with Crippen molar-refractivity contribution in [3.8, 4) is 34.0 Å². The van der Waals surface area contributed by atoms with Crippen molar-refractivity contribution in [1.29, 1.82) is 0 Å². The first-order valence-corrected chi connectivity index (χ1v) is 19.1. The van der Waals surface area contributed by atoms with Crippen LogP contribution in [0, 0.1) is 0 Å². The van der Waals surface area contributed by atoms with Crippen molar-refractivity contribution in [3.63, 3.8) is 0 Å². The van der Waals surface area contributed by atoms with E-state index in [-0.39, 0.29) is 0 Å². The first kappa shape index (κ1) is 30.9. The third kappa shape index (κ3) is 4.47. The summed E-state index contributed by atoms with van der Waals surface area (Å²) in [5, 5.41) is 10.7. The molecule has 12 aromatic rings. The fourth-order valence-corrected chi connectivity index (χ4v) is 9.05. The Hall–Kier alpha value is -7.56. The van der Waals surface area contributed by atoms with Gasteiger partial charge in [-0.15, -0.1) is 0 Å². The molecule has 0 aliphatic heterocycles. The van der Waals surface area contributed by atoms with Gasteiger partial charge in [-0.3, -0.25) is 0 Å². The highest BCUT2D eigenvalue weighted by molar-refractivity contribution is 6.26. The van der Waals surface area contributed by atoms with Crippen LogP contribution in [0.15, 0.2) is 194 Å². The number of hydrogen-bond donors (Lipinski definition) is 0. The predicted octanol–water partition coefficient (Wildman–Crippen LogP) is 13.5. The first-order valence-electron chi connectivity index (χ1n) is 19.1. The van der Waals surface area contributed by atoms with Crippen LogP contribution in [0.2, 0.25) is 0 Å². The van der Waals surface area contributed by atoms with Gasteiger partial charge in [0, 0.05) is 49.1 Å². The maximum Gasteiger partial charge on any atom is 0.161 e. The maximum atomic E-state index is 5.29. The molecule has 0 atom stereocenters. The van der Waals surface area contributed by atoms with E-state index in [0.29, 0.717) is 5.82 Å². The van der Waals surface area contributed by atoms with Crippen LogP contribution in [0.4, 0.5) is 0 Å². The Bertz CT molecular complexity index is 3520. The summed E-state index contributed by atoms with van der Waals surface area (Å²) >= 11 is 0. The van der Waals surface area contributed by atoms with Gasteiger partial charge < -0.3 is 9.13 Å². The molecule has 4 heteroatoms. The summed E-state index contributed by atoms with van der Waals surface area (Å²) in [6.45, 7) is 0. The van der Waals surface area contributed by atoms with E-state index in [2.05, 4.69) is 197 Å². The van der Waals surface area contributed by atoms with Crippen molar-refractivity contribution >= 4 is 76.1 Å². The van der Waals surface area contributed by atoms with Gasteiger partial charge in [0.25, 0.3) is 0 Å². The molecular weight excluding hydrogens is 681 g/mol. The average molecular weight is 713 g/mol. The minimum Gasteiger partial charge on any atom is -0.309 e. The summed E-state index contributed by atoms with van der Waals surface area (Å²) in [6, 6.07) is 69.6. The lowest BCUT2D eigenvalue weighted by molar-refractivity contribution is 1.17. The van der Waals surface area contributed by atoms with Crippen LogP contribution < -0.4 is 0 Å². The fourth-order valence-electron chi connectivity index (χ4n) is 9.05. The van der Waals surface area contributed by atoms with Crippen molar-refractivity contribution in [2.75, 3.05) is 0 Å². The molecule has 260 valence electrons. The Kier molecular flexibility index (Phi) is 6.60. The summed E-state index contributed by atoms with van der Waals surface area (Å²) in [4.78, 5) is 10.5. The largest absolute Gasteiger partial charge is 0.309 e. The van der Waals surface area contributed by atoms with E-state index in [0.717, 1.165) is 55.4 Å². The smallest absolute Gasteiger partial charge is 0.161 e. The molecule has 0 radical (unpaired) electrons. The molecule has 3 heterocycles. The van der Waals surface area contributed by atoms with Gasteiger partial charge in [0.2, 0.25) is 0 Å². The lowest BCUT2D eigenvalue weighted by Crippen LogP contribution is -1.99. The van der Waals surface area contributed by atoms with Crippen molar-refractivity contribution in [3.05, 3.63) is 194 Å². The van der Waals surface area contributed by atoms with Crippen LogP contribution in [0.3, 0.4) is 0 Å². The first-order chi connectivity index (χ1) is 27.8. The molecule has 0 saturated heterocycles. The van der Waals surface area contributed by atoms with Gasteiger partial charge in [-0.05, 0) is 70.8 Å². The molecule has 0 N–H and O–H groups in total. The molecule has 0 unspecified atom stereocenters. The molecule has 0 saturated carbocycles. The second-order valence-electron chi connectivity index (χ2n) is 14.5. The summed E-state index contributed by atoms with van der Waals surface area (Å²) < 4.78 is 4.89. The van der Waals surface area contributed by atoms with E-state index >= 15 is 0 Å². The zero-order valence-electron chi connectivity index (χ0n) is 30.3. The van der Waals surface area contributed by atoms with E-state index in [9.17, 15) is 0 Å². The molecular formula is C52H32N4. The summed E-state index contributed by atoms with van der Waals surface area (Å²) in [5.74, 6) is 0.715. The van der Waals surface area contributed by atoms with E-state index in [1.807, 2.05) is 6.07 Å². The molecule has 0 aliphatic rings. The lowest BCUT2D eigenvalue weighted by Gasteiger charge is -2.16. The second kappa shape index (κ2) is 12.0. The van der Waals surface area contributed by atoms with Crippen molar-refractivity contribution in [2.24, 2.45) is 0 Å². The monoisotopic (exact) mass is 712 g/mol. The Morgan fingerprint density at radius 3 is 1.86 bits per heavy atom. The van der Waals surface area contributed by atoms with Crippen LogP contribution in [0.25, 0.3) is 110 Å². The van der Waals surface area contributed by atoms with Crippen molar-refractivity contribution < 1.29 is 0 Å². The lowest BCUT2D eigenvalue weighted by atomic mass is 10.0. The van der Waals surface area contributed by atoms with Crippen LogP contribution in [-0.2, 0) is 0 Å². The molecule has 0 aliphatic carbocycles. The van der Waals surface area contributed by atoms with Crippen molar-refractivity contribution in [1.82, 2.24) is 19.1 Å². The molecule has 56 heavy (non-hydrogen) atoms. The predicted molar refractivity (Wildman–Crippen MR) is 234 cm³/mol. The number of para-hydroxylation sites is 3. The normalized spacial score (nSPS) is 11.9. The van der Waals surface area contributed by atoms with Crippen LogP contribution >= 0.6 is 0 Å². The van der Waals surface area contributed by atoms with Gasteiger partial charge in [0.15, 0.2) is 5.82 Å². The number of benzene rings is 9. The summed E-state index contributed by atoms with van der Waals surface area (Å²) in [7, 11) is 0. The zero-order chi connectivity index (χ0) is 36.7. The van der Waals surface area contributed by atoms with Gasteiger partial charge in [-0.25, -0.2) is 9.97 Å². The zero-order valence-corrected chi connectivity index (χ0v) is 30.3. The second-order valence-corrected chi connectivity index (χ2v) is 14.5. The molecule has 9 aromatic carbocycles. The van der Waals surface area contributed by atoms with E-state index in [4.69, 9.17) is 9.97 Å². The van der Waals surface area contributed by atoms with Gasteiger partial charge in [-0.2, -0.15) is 0 Å². The van der Waals surface area contributed by atoms with E-state index < -0.39 is 0 Å². The van der Waals surface area contributed by atoms with E-state index in [1.54, 1.807) is 0 Å². The number of aromatic nitrogens is 4. The molecule has 3 aromatic heterocycles. The maximum absolute atomic E-state index is 5.29. The molecule has 12 rings (SSSR count). The van der Waals surface area contributed by atoms with Gasteiger partial charge in [0.05, 0.1) is 39.0 Å². The van der Waals surface area contributed by atoms with Crippen LogP contribution in [0.5, 0.6) is 0 Å². The SMILES string of the molecule is c1ccc(-c2nc(-c3ccc(-n4c5cc6c(cc5c5c7ccccc7ccc54)c4ccccc4n6-c4ccccc4)c4ccccc34)nc3ccccc23)cc1. The number of nitrogens with zero attached hydrogens (tertiary/aromatic N) is 4. The Morgan fingerprint density at radius 2 is 1.02 bits per heavy atom.